The van der Waals surface area contributed by atoms with E-state index in [1.165, 1.54) is 4.90 Å². The number of rotatable bonds is 7. The number of Topliss-reactive ketones (excluding diaryl/α,β-unsaturated/α-hetero) is 1. The molecule has 1 saturated heterocycles. The maximum Gasteiger partial charge on any atom is 0.209 e. The Bertz CT molecular complexity index is 813. The Labute approximate surface area is 174 Å². The fraction of sp³-hybridized carbons (Fsp3) is 0.737. The van der Waals surface area contributed by atoms with Gasteiger partial charge in [0.2, 0.25) is 11.7 Å². The summed E-state index contributed by atoms with van der Waals surface area (Å²) in [7, 11) is 0. The number of nitrogens with zero attached hydrogens (tertiary/aromatic N) is 4. The summed E-state index contributed by atoms with van der Waals surface area (Å²) in [6, 6.07) is -1.03. The van der Waals surface area contributed by atoms with Crippen LogP contribution in [0.25, 0.3) is 0 Å². The number of aliphatic hydroxyl groups is 4. The molecule has 0 spiro atoms. The normalized spacial score (nSPS) is 31.8. The molecule has 0 aliphatic carbocycles. The maximum absolute atomic E-state index is 12.6. The number of imidazole rings is 1. The molecule has 3 aliphatic heterocycles. The lowest BCUT2D eigenvalue weighted by Crippen LogP contribution is -2.58. The van der Waals surface area contributed by atoms with E-state index < -0.39 is 42.6 Å². The largest absolute Gasteiger partial charge is 0.394 e. The van der Waals surface area contributed by atoms with E-state index in [-0.39, 0.29) is 19.1 Å². The molecule has 4 rings (SSSR count). The average Bonchev–Trinajstić information content (AvgIpc) is 3.31. The number of aromatic nitrogens is 2. The highest BCUT2D eigenvalue weighted by Gasteiger charge is 2.44. The van der Waals surface area contributed by atoms with E-state index in [4.69, 9.17) is 4.74 Å². The average molecular weight is 423 g/mol. The van der Waals surface area contributed by atoms with E-state index in [1.54, 1.807) is 10.9 Å². The third kappa shape index (κ3) is 3.71. The quantitative estimate of drug-likeness (QED) is 0.359. The number of carbonyl (C=O) groups excluding carboxylic acids is 1. The molecule has 6 atom stereocenters. The Morgan fingerprint density at radius 2 is 2.17 bits per heavy atom. The van der Waals surface area contributed by atoms with Gasteiger partial charge in [-0.15, -0.1) is 0 Å². The molecule has 3 aliphatic rings. The van der Waals surface area contributed by atoms with Crippen LogP contribution in [0.3, 0.4) is 0 Å². The van der Waals surface area contributed by atoms with Crippen molar-refractivity contribution in [2.45, 2.75) is 82.4 Å². The van der Waals surface area contributed by atoms with Crippen LogP contribution in [0.4, 0.5) is 5.82 Å². The van der Waals surface area contributed by atoms with E-state index in [9.17, 15) is 25.2 Å². The molecule has 0 radical (unpaired) electrons. The lowest BCUT2D eigenvalue weighted by atomic mass is 9.98. The van der Waals surface area contributed by atoms with E-state index in [0.29, 0.717) is 24.4 Å². The number of aliphatic imine (C=N–C) groups is 1. The summed E-state index contributed by atoms with van der Waals surface area (Å²) >= 11 is 0. The topological polar surface area (TPSA) is 153 Å². The molecule has 0 saturated carbocycles. The number of ether oxygens (including phenoxy) is 1. The first-order valence-corrected chi connectivity index (χ1v) is 10.5. The summed E-state index contributed by atoms with van der Waals surface area (Å²) in [5.41, 5.74) is 0.591. The zero-order valence-corrected chi connectivity index (χ0v) is 16.9. The molecule has 1 aromatic rings. The second-order valence-electron chi connectivity index (χ2n) is 8.05. The Hall–Kier alpha value is -2.05. The Morgan fingerprint density at radius 3 is 2.87 bits per heavy atom. The van der Waals surface area contributed by atoms with E-state index in [0.717, 1.165) is 19.3 Å². The molecular weight excluding hydrogens is 394 g/mol. The second kappa shape index (κ2) is 8.60. The molecule has 11 heteroatoms. The van der Waals surface area contributed by atoms with Crippen molar-refractivity contribution < 1.29 is 30.0 Å². The molecule has 1 aromatic heterocycles. The number of hydrogen-bond donors (Lipinski definition) is 5. The zero-order chi connectivity index (χ0) is 21.4. The Kier molecular flexibility index (Phi) is 6.07. The number of unbranched alkanes of at least 4 members (excludes halogenated alkanes) is 2. The minimum atomic E-state index is -1.42. The van der Waals surface area contributed by atoms with Crippen LogP contribution < -0.4 is 5.32 Å². The van der Waals surface area contributed by atoms with Gasteiger partial charge in [-0.3, -0.25) is 9.36 Å². The summed E-state index contributed by atoms with van der Waals surface area (Å²) in [5.74, 6) is 0.343. The van der Waals surface area contributed by atoms with Gasteiger partial charge < -0.3 is 35.4 Å². The molecule has 0 amide bonds. The monoisotopic (exact) mass is 423 g/mol. The number of ketones is 1. The Morgan fingerprint density at radius 1 is 1.37 bits per heavy atom. The summed E-state index contributed by atoms with van der Waals surface area (Å²) in [4.78, 5) is 22.8. The molecule has 5 N–H and O–H groups in total. The van der Waals surface area contributed by atoms with Gasteiger partial charge in [-0.25, -0.2) is 9.98 Å². The fourth-order valence-corrected chi connectivity index (χ4v) is 4.18. The molecular formula is C19H29N5O6. The molecule has 11 nitrogen and oxygen atoms in total. The highest BCUT2D eigenvalue weighted by atomic mass is 16.5. The van der Waals surface area contributed by atoms with Crippen molar-refractivity contribution in [1.29, 1.82) is 0 Å². The summed E-state index contributed by atoms with van der Waals surface area (Å²) < 4.78 is 7.42. The number of anilines is 1. The highest BCUT2D eigenvalue weighted by Crippen LogP contribution is 2.35. The first-order valence-electron chi connectivity index (χ1n) is 10.5. The van der Waals surface area contributed by atoms with Crippen molar-refractivity contribution in [1.82, 2.24) is 14.5 Å². The molecule has 30 heavy (non-hydrogen) atoms. The minimum Gasteiger partial charge on any atom is -0.394 e. The molecule has 166 valence electrons. The van der Waals surface area contributed by atoms with Gasteiger partial charge in [0.05, 0.1) is 31.7 Å². The van der Waals surface area contributed by atoms with Crippen LogP contribution in [-0.4, -0.2) is 83.8 Å². The summed E-state index contributed by atoms with van der Waals surface area (Å²) in [6.07, 6.45) is 0.680. The van der Waals surface area contributed by atoms with Crippen molar-refractivity contribution in [3.05, 3.63) is 12.0 Å². The predicted octanol–water partition coefficient (Wildman–Crippen LogP) is -0.682. The van der Waals surface area contributed by atoms with Gasteiger partial charge in [0.25, 0.3) is 0 Å². The van der Waals surface area contributed by atoms with Crippen LogP contribution in [0.2, 0.25) is 0 Å². The zero-order valence-electron chi connectivity index (χ0n) is 16.9. The number of aliphatic hydroxyl groups excluding tert-OH is 4. The van der Waals surface area contributed by atoms with Gasteiger partial charge in [0.15, 0.2) is 6.23 Å². The SMILES string of the molecule is CCCCCC(O)C1N=C2Nc3c(ncn3[C@H]3C[C@H](O)[C@@H](CO)O3)CN2C(O)C1=O. The molecule has 1 fully saturated rings. The standard InChI is InChI=1S/C19H29N5O6/c1-2-3-4-5-11(26)15-16(28)18(29)23-7-10-17(22-19(23)21-15)24(9-20-10)14-6-12(27)13(8-25)30-14/h9,11-15,18,25-27,29H,2-8H2,1H3,(H,21,22)/t11?,12-,13+,14+,15?,18?/m0/s1. The van der Waals surface area contributed by atoms with Gasteiger partial charge >= 0.3 is 0 Å². The summed E-state index contributed by atoms with van der Waals surface area (Å²) in [6.45, 7) is 1.94. The first kappa shape index (κ1) is 21.2. The van der Waals surface area contributed by atoms with Gasteiger partial charge in [-0.05, 0) is 6.42 Å². The lowest BCUT2D eigenvalue weighted by Gasteiger charge is -2.39. The van der Waals surface area contributed by atoms with Crippen LogP contribution in [0, 0.1) is 0 Å². The molecule has 0 bridgehead atoms. The van der Waals surface area contributed by atoms with E-state index in [1.807, 2.05) is 0 Å². The van der Waals surface area contributed by atoms with Crippen LogP contribution in [0.1, 0.15) is 50.9 Å². The first-order chi connectivity index (χ1) is 14.4. The van der Waals surface area contributed by atoms with E-state index >= 15 is 0 Å². The van der Waals surface area contributed by atoms with Crippen molar-refractivity contribution in [2.24, 2.45) is 4.99 Å². The fourth-order valence-electron chi connectivity index (χ4n) is 4.18. The highest BCUT2D eigenvalue weighted by molar-refractivity contribution is 6.03. The lowest BCUT2D eigenvalue weighted by molar-refractivity contribution is -0.139. The number of carbonyl (C=O) groups is 1. The third-order valence-corrected chi connectivity index (χ3v) is 5.96. The van der Waals surface area contributed by atoms with Crippen LogP contribution in [0.15, 0.2) is 11.3 Å². The maximum atomic E-state index is 12.6. The van der Waals surface area contributed by atoms with Crippen LogP contribution >= 0.6 is 0 Å². The van der Waals surface area contributed by atoms with Crippen molar-refractivity contribution in [2.75, 3.05) is 11.9 Å². The van der Waals surface area contributed by atoms with Gasteiger partial charge in [-0.1, -0.05) is 26.2 Å². The summed E-state index contributed by atoms with van der Waals surface area (Å²) in [5, 5.41) is 43.5. The van der Waals surface area contributed by atoms with Crippen LogP contribution in [-0.2, 0) is 16.1 Å². The number of nitrogens with one attached hydrogen (secondary N) is 1. The number of fused-ring (bicyclic) bond motifs is 2. The van der Waals surface area contributed by atoms with E-state index in [2.05, 4.69) is 22.2 Å². The van der Waals surface area contributed by atoms with Crippen molar-refractivity contribution >= 4 is 17.6 Å². The van der Waals surface area contributed by atoms with Gasteiger partial charge in [-0.2, -0.15) is 0 Å². The van der Waals surface area contributed by atoms with Crippen LogP contribution in [0.5, 0.6) is 0 Å². The van der Waals surface area contributed by atoms with Crippen molar-refractivity contribution in [3.8, 4) is 0 Å². The van der Waals surface area contributed by atoms with Crippen molar-refractivity contribution in [3.63, 3.8) is 0 Å². The second-order valence-corrected chi connectivity index (χ2v) is 8.05. The minimum absolute atomic E-state index is 0.165. The molecule has 4 heterocycles. The third-order valence-electron chi connectivity index (χ3n) is 5.96. The Balaban J connectivity index is 1.56. The van der Waals surface area contributed by atoms with Gasteiger partial charge in [0, 0.05) is 6.42 Å². The van der Waals surface area contributed by atoms with Gasteiger partial charge in [0.1, 0.15) is 29.9 Å². The smallest absolute Gasteiger partial charge is 0.209 e. The number of guanidine groups is 1. The predicted molar refractivity (Wildman–Crippen MR) is 105 cm³/mol. The number of hydrogen-bond acceptors (Lipinski definition) is 10. The molecule has 0 aromatic carbocycles. The molecule has 3 unspecified atom stereocenters.